The summed E-state index contributed by atoms with van der Waals surface area (Å²) in [5, 5.41) is 4.30. The van der Waals surface area contributed by atoms with Crippen LogP contribution in [0.15, 0.2) is 0 Å². The van der Waals surface area contributed by atoms with Gasteiger partial charge in [-0.3, -0.25) is 4.79 Å². The van der Waals surface area contributed by atoms with Gasteiger partial charge < -0.3 is 14.2 Å². The predicted molar refractivity (Wildman–Crippen MR) is 321 cm³/mol. The van der Waals surface area contributed by atoms with Gasteiger partial charge >= 0.3 is 9.28 Å². The van der Waals surface area contributed by atoms with Crippen molar-refractivity contribution in [2.45, 2.75) is 380 Å². The zero-order chi connectivity index (χ0) is 50.8. The van der Waals surface area contributed by atoms with Crippen molar-refractivity contribution in [2.24, 2.45) is 0 Å². The molecule has 0 aromatic rings. The molecule has 0 spiro atoms. The largest absolute Gasteiger partial charge is 0.397 e. The van der Waals surface area contributed by atoms with E-state index in [1.165, 1.54) is 315 Å². The Balaban J connectivity index is 5.05. The average Bonchev–Trinajstić information content (AvgIpc) is 3.37. The number of likely N-dealkylation sites (N-methyl/N-ethyl adjacent to an activating group) is 1. The zero-order valence-electron chi connectivity index (χ0n) is 49.0. The molecule has 0 radical (unpaired) electrons. The van der Waals surface area contributed by atoms with Crippen LogP contribution in [0.1, 0.15) is 368 Å². The van der Waals surface area contributed by atoms with Crippen LogP contribution in [-0.2, 0) is 13.6 Å². The lowest BCUT2D eigenvalue weighted by molar-refractivity contribution is -0.111. The Hall–Kier alpha value is 0.117. The molecule has 0 aliphatic heterocycles. The second-order valence-electron chi connectivity index (χ2n) is 22.7. The fourth-order valence-corrected chi connectivity index (χ4v) is 13.6. The number of unbranched alkanes of at least 4 members (excludes halogenated alkanes) is 45. The maximum Gasteiger partial charge on any atom is 0.321 e. The van der Waals surface area contributed by atoms with Gasteiger partial charge in [0.2, 0.25) is 0 Å². The summed E-state index contributed by atoms with van der Waals surface area (Å²) in [5.41, 5.74) is 0.0410. The number of rotatable bonds is 62. The van der Waals surface area contributed by atoms with Crippen LogP contribution in [0.3, 0.4) is 0 Å². The van der Waals surface area contributed by atoms with Crippen LogP contribution in [0.25, 0.3) is 0 Å². The number of carbonyl (C=O) groups is 1. The van der Waals surface area contributed by atoms with E-state index in [2.05, 4.69) is 40.1 Å². The zero-order valence-corrected chi connectivity index (χ0v) is 51.0. The first-order chi connectivity index (χ1) is 34.6. The van der Waals surface area contributed by atoms with Crippen LogP contribution in [0, 0.1) is 0 Å². The minimum Gasteiger partial charge on any atom is -0.397 e. The third-order valence-corrected chi connectivity index (χ3v) is 18.8. The average molecular weight is 1020 g/mol. The predicted octanol–water partition coefficient (Wildman–Crippen LogP) is 22.2. The van der Waals surface area contributed by atoms with E-state index in [0.717, 1.165) is 50.7 Å². The smallest absolute Gasteiger partial charge is 0.321 e. The Kier molecular flexibility index (Phi) is 60.1. The number of hydrogen-bond donors (Lipinski definition) is 1. The van der Waals surface area contributed by atoms with E-state index in [9.17, 15) is 4.79 Å². The molecular weight excluding hydrogens is 891 g/mol. The molecule has 0 aromatic carbocycles. The van der Waals surface area contributed by atoms with Crippen LogP contribution in [-0.4, -0.2) is 46.0 Å². The van der Waals surface area contributed by atoms with Crippen LogP contribution in [0.5, 0.6) is 0 Å². The van der Waals surface area contributed by atoms with E-state index < -0.39 is 9.28 Å². The van der Waals surface area contributed by atoms with Gasteiger partial charge in [-0.2, -0.15) is 0 Å². The van der Waals surface area contributed by atoms with Gasteiger partial charge in [-0.05, 0) is 45.2 Å². The first-order valence-corrected chi connectivity index (χ1v) is 35.4. The molecule has 0 saturated carbocycles. The quantitative estimate of drug-likeness (QED) is 0.0486. The van der Waals surface area contributed by atoms with Crippen LogP contribution >= 0.6 is 11.8 Å². The highest BCUT2D eigenvalue weighted by molar-refractivity contribution is 8.13. The van der Waals surface area contributed by atoms with Gasteiger partial charge in [0.05, 0.1) is 6.61 Å². The molecule has 0 aromatic heterocycles. The topological polar surface area (TPSA) is 47.6 Å². The van der Waals surface area contributed by atoms with E-state index in [1.807, 2.05) is 0 Å². The van der Waals surface area contributed by atoms with E-state index >= 15 is 0 Å². The Bertz CT molecular complexity index is 948. The maximum absolute atomic E-state index is 12.8. The SMILES string of the molecule is CCCCCCCCCCCCCCCCCCC(CCCCCCCCCCCCCCCCCC)(CO[SiH](CCCSC(=O)CCCCCCCCCCC)OCCCCCCCCCC)NC. The molecular formula is C64H131NO3SSi. The molecule has 70 heavy (non-hydrogen) atoms. The summed E-state index contributed by atoms with van der Waals surface area (Å²) in [6, 6.07) is 1.02. The van der Waals surface area contributed by atoms with Crippen molar-refractivity contribution < 1.29 is 13.6 Å². The van der Waals surface area contributed by atoms with Crippen molar-refractivity contribution in [1.82, 2.24) is 5.32 Å². The van der Waals surface area contributed by atoms with Gasteiger partial charge in [-0.1, -0.05) is 341 Å². The summed E-state index contributed by atoms with van der Waals surface area (Å²) in [6.07, 6.45) is 71.9. The van der Waals surface area contributed by atoms with Gasteiger partial charge in [-0.15, -0.1) is 0 Å². The molecule has 0 aliphatic carbocycles. The van der Waals surface area contributed by atoms with Gasteiger partial charge in [0.1, 0.15) is 0 Å². The van der Waals surface area contributed by atoms with Crippen molar-refractivity contribution in [3.05, 3.63) is 0 Å². The highest BCUT2D eigenvalue weighted by atomic mass is 32.2. The summed E-state index contributed by atoms with van der Waals surface area (Å²) < 4.78 is 13.8. The lowest BCUT2D eigenvalue weighted by Gasteiger charge is -2.35. The monoisotopic (exact) mass is 1020 g/mol. The van der Waals surface area contributed by atoms with Crippen LogP contribution in [0.2, 0.25) is 6.04 Å². The van der Waals surface area contributed by atoms with E-state index in [1.54, 1.807) is 11.8 Å². The lowest BCUT2D eigenvalue weighted by atomic mass is 9.87. The van der Waals surface area contributed by atoms with Crippen LogP contribution in [0.4, 0.5) is 0 Å². The maximum atomic E-state index is 12.8. The summed E-state index contributed by atoms with van der Waals surface area (Å²) in [4.78, 5) is 12.8. The summed E-state index contributed by atoms with van der Waals surface area (Å²) in [5.74, 6) is 0.916. The van der Waals surface area contributed by atoms with Crippen molar-refractivity contribution in [1.29, 1.82) is 0 Å². The van der Waals surface area contributed by atoms with Crippen molar-refractivity contribution in [2.75, 3.05) is 26.0 Å². The van der Waals surface area contributed by atoms with Gasteiger partial charge in [0.15, 0.2) is 5.12 Å². The number of hydrogen-bond acceptors (Lipinski definition) is 5. The fraction of sp³-hybridized carbons (Fsp3) is 0.984. The Morgan fingerprint density at radius 3 is 0.971 bits per heavy atom. The Morgan fingerprint density at radius 2 is 0.657 bits per heavy atom. The third-order valence-electron chi connectivity index (χ3n) is 15.7. The molecule has 1 N–H and O–H groups in total. The van der Waals surface area contributed by atoms with Crippen molar-refractivity contribution in [3.8, 4) is 0 Å². The van der Waals surface area contributed by atoms with Gasteiger partial charge in [-0.25, -0.2) is 0 Å². The lowest BCUT2D eigenvalue weighted by Crippen LogP contribution is -2.49. The fourth-order valence-electron chi connectivity index (χ4n) is 10.6. The van der Waals surface area contributed by atoms with Crippen molar-refractivity contribution in [3.63, 3.8) is 0 Å². The second-order valence-corrected chi connectivity index (χ2v) is 25.9. The summed E-state index contributed by atoms with van der Waals surface area (Å²) in [6.45, 7) is 10.9. The minimum absolute atomic E-state index is 0.0410. The minimum atomic E-state index is -1.86. The third kappa shape index (κ3) is 53.0. The molecule has 1 atom stereocenters. The van der Waals surface area contributed by atoms with Gasteiger partial charge in [0.25, 0.3) is 0 Å². The number of carbonyl (C=O) groups excluding carboxylic acids is 1. The Labute approximate surface area is 448 Å². The molecule has 0 aliphatic rings. The summed E-state index contributed by atoms with van der Waals surface area (Å²) in [7, 11) is 0.363. The molecule has 0 fully saturated rings. The Morgan fingerprint density at radius 1 is 0.371 bits per heavy atom. The van der Waals surface area contributed by atoms with Crippen LogP contribution < -0.4 is 5.32 Å². The molecule has 0 rings (SSSR count). The number of thioether (sulfide) groups is 1. The molecule has 0 amide bonds. The van der Waals surface area contributed by atoms with Gasteiger partial charge in [0, 0.05) is 24.3 Å². The molecule has 0 bridgehead atoms. The molecule has 1 unspecified atom stereocenters. The van der Waals surface area contributed by atoms with E-state index in [0.29, 0.717) is 5.12 Å². The molecule has 4 nitrogen and oxygen atoms in total. The van der Waals surface area contributed by atoms with Crippen molar-refractivity contribution >= 4 is 26.2 Å². The molecule has 420 valence electrons. The van der Waals surface area contributed by atoms with E-state index in [-0.39, 0.29) is 5.54 Å². The molecule has 0 heterocycles. The molecule has 6 heteroatoms. The normalized spacial score (nSPS) is 12.4. The first-order valence-electron chi connectivity index (χ1n) is 32.6. The first kappa shape index (κ1) is 70.1. The second kappa shape index (κ2) is 60.0. The highest BCUT2D eigenvalue weighted by Crippen LogP contribution is 2.26. The summed E-state index contributed by atoms with van der Waals surface area (Å²) >= 11 is 1.58. The van der Waals surface area contributed by atoms with E-state index in [4.69, 9.17) is 8.85 Å². The highest BCUT2D eigenvalue weighted by Gasteiger charge is 2.29. The standard InChI is InChI=1S/C64H131NO3SSi/c1-6-10-14-18-22-26-28-30-32-34-36-38-41-44-48-52-57-64(65-5,58-53-49-45-42-39-37-35-33-31-29-27-23-19-15-11-7-2)62-68-70(67-59-54-50-46-25-21-17-13-9-4)61-55-60-69-63(66)56-51-47-43-40-24-20-16-12-8-3/h65,70H,6-62H2,1-5H3. The molecule has 0 saturated heterocycles. The number of nitrogens with one attached hydrogen (secondary N) is 1.